The van der Waals surface area contributed by atoms with Gasteiger partial charge in [0.2, 0.25) is 0 Å². The Bertz CT molecular complexity index is 315. The third kappa shape index (κ3) is 6.11. The van der Waals surface area contributed by atoms with Crippen LogP contribution in [0.4, 0.5) is 18.0 Å². The zero-order valence-corrected chi connectivity index (χ0v) is 11.2. The number of hydrogen-bond acceptors (Lipinski definition) is 4. The molecular weight excluding hydrogens is 265 g/mol. The molecule has 1 unspecified atom stereocenters. The number of ether oxygens (including phenoxy) is 2. The fraction of sp³-hybridized carbons (Fsp3) is 0.909. The van der Waals surface area contributed by atoms with Crippen molar-refractivity contribution in [2.75, 3.05) is 26.2 Å². The number of alkyl halides is 3. The number of rotatable bonds is 2. The van der Waals surface area contributed by atoms with Crippen LogP contribution in [-0.4, -0.2) is 55.2 Å². The summed E-state index contributed by atoms with van der Waals surface area (Å²) >= 11 is 0. The van der Waals surface area contributed by atoms with Gasteiger partial charge in [-0.15, -0.1) is 13.2 Å². The molecule has 1 heterocycles. The van der Waals surface area contributed by atoms with Crippen LogP contribution in [0.15, 0.2) is 0 Å². The van der Waals surface area contributed by atoms with Gasteiger partial charge in [0.05, 0.1) is 12.6 Å². The van der Waals surface area contributed by atoms with Crippen molar-refractivity contribution in [3.8, 4) is 0 Å². The monoisotopic (exact) mass is 284 g/mol. The van der Waals surface area contributed by atoms with Gasteiger partial charge in [0.1, 0.15) is 5.60 Å². The number of nitrogens with one attached hydrogen (secondary N) is 1. The zero-order chi connectivity index (χ0) is 14.7. The summed E-state index contributed by atoms with van der Waals surface area (Å²) in [6.07, 6.45) is -5.32. The molecule has 0 aromatic heterocycles. The molecule has 1 atom stereocenters. The maximum absolute atomic E-state index is 12.0. The average Bonchev–Trinajstić information content (AvgIpc) is 2.23. The first kappa shape index (κ1) is 16.0. The topological polar surface area (TPSA) is 50.8 Å². The Morgan fingerprint density at radius 3 is 2.53 bits per heavy atom. The van der Waals surface area contributed by atoms with Gasteiger partial charge >= 0.3 is 12.5 Å². The number of amides is 1. The summed E-state index contributed by atoms with van der Waals surface area (Å²) in [5, 5.41) is 2.92. The highest BCUT2D eigenvalue weighted by Gasteiger charge is 2.35. The summed E-state index contributed by atoms with van der Waals surface area (Å²) in [5.74, 6) is 0. The largest absolute Gasteiger partial charge is 0.522 e. The predicted octanol–water partition coefficient (Wildman–Crippen LogP) is 1.73. The Morgan fingerprint density at radius 1 is 1.37 bits per heavy atom. The van der Waals surface area contributed by atoms with Crippen LogP contribution in [0.3, 0.4) is 0 Å². The van der Waals surface area contributed by atoms with Crippen LogP contribution in [0.25, 0.3) is 0 Å². The number of hydrogen-bond donors (Lipinski definition) is 1. The molecule has 1 amide bonds. The number of carbonyl (C=O) groups is 1. The molecule has 0 aromatic carbocycles. The summed E-state index contributed by atoms with van der Waals surface area (Å²) in [7, 11) is 0. The molecule has 0 radical (unpaired) electrons. The highest BCUT2D eigenvalue weighted by molar-refractivity contribution is 5.68. The number of halogens is 3. The lowest BCUT2D eigenvalue weighted by atomic mass is 10.2. The molecule has 1 rings (SSSR count). The van der Waals surface area contributed by atoms with E-state index >= 15 is 0 Å². The first-order valence-electron chi connectivity index (χ1n) is 5.99. The molecule has 0 spiro atoms. The van der Waals surface area contributed by atoms with Crippen molar-refractivity contribution in [3.63, 3.8) is 0 Å². The number of piperazine rings is 1. The van der Waals surface area contributed by atoms with Gasteiger partial charge < -0.3 is 15.0 Å². The van der Waals surface area contributed by atoms with Crippen molar-refractivity contribution in [3.05, 3.63) is 0 Å². The van der Waals surface area contributed by atoms with Gasteiger partial charge in [-0.25, -0.2) is 4.79 Å². The van der Waals surface area contributed by atoms with Gasteiger partial charge in [0.15, 0.2) is 0 Å². The van der Waals surface area contributed by atoms with Crippen LogP contribution < -0.4 is 5.32 Å². The molecule has 1 N–H and O–H groups in total. The molecule has 0 saturated carbocycles. The summed E-state index contributed by atoms with van der Waals surface area (Å²) in [6.45, 7) is 5.56. The Hall–Kier alpha value is -1.02. The second-order valence-corrected chi connectivity index (χ2v) is 5.29. The summed E-state index contributed by atoms with van der Waals surface area (Å²) in [5.41, 5.74) is -0.683. The predicted molar refractivity (Wildman–Crippen MR) is 61.6 cm³/mol. The lowest BCUT2D eigenvalue weighted by molar-refractivity contribution is -0.328. The third-order valence-electron chi connectivity index (χ3n) is 2.42. The van der Waals surface area contributed by atoms with Crippen LogP contribution in [0.1, 0.15) is 20.8 Å². The van der Waals surface area contributed by atoms with E-state index < -0.39 is 30.7 Å². The van der Waals surface area contributed by atoms with Gasteiger partial charge in [-0.1, -0.05) is 0 Å². The Labute approximate surface area is 110 Å². The van der Waals surface area contributed by atoms with Crippen molar-refractivity contribution < 1.29 is 27.4 Å². The molecule has 0 aliphatic carbocycles. The van der Waals surface area contributed by atoms with Gasteiger partial charge in [-0.3, -0.25) is 4.74 Å². The molecule has 1 saturated heterocycles. The van der Waals surface area contributed by atoms with Crippen LogP contribution >= 0.6 is 0 Å². The van der Waals surface area contributed by atoms with Crippen LogP contribution in [-0.2, 0) is 9.47 Å². The van der Waals surface area contributed by atoms with Crippen molar-refractivity contribution in [2.24, 2.45) is 0 Å². The molecule has 19 heavy (non-hydrogen) atoms. The van der Waals surface area contributed by atoms with Gasteiger partial charge in [0, 0.05) is 19.6 Å². The second kappa shape index (κ2) is 5.96. The smallest absolute Gasteiger partial charge is 0.444 e. The van der Waals surface area contributed by atoms with E-state index in [1.54, 1.807) is 20.8 Å². The van der Waals surface area contributed by atoms with Gasteiger partial charge in [0.25, 0.3) is 0 Å². The van der Waals surface area contributed by atoms with Crippen LogP contribution in [0.2, 0.25) is 0 Å². The number of nitrogens with zero attached hydrogens (tertiary/aromatic N) is 1. The van der Waals surface area contributed by atoms with E-state index in [4.69, 9.17) is 4.74 Å². The average molecular weight is 284 g/mol. The van der Waals surface area contributed by atoms with Crippen molar-refractivity contribution in [2.45, 2.75) is 38.8 Å². The maximum atomic E-state index is 12.0. The molecule has 5 nitrogen and oxygen atoms in total. The fourth-order valence-electron chi connectivity index (χ4n) is 1.66. The van der Waals surface area contributed by atoms with Gasteiger partial charge in [-0.05, 0) is 20.8 Å². The Morgan fingerprint density at radius 2 is 2.00 bits per heavy atom. The second-order valence-electron chi connectivity index (χ2n) is 5.29. The van der Waals surface area contributed by atoms with Crippen molar-refractivity contribution >= 4 is 6.09 Å². The molecule has 0 aromatic rings. The number of carbonyl (C=O) groups excluding carboxylic acids is 1. The SMILES string of the molecule is CC(C)(C)OC(=O)N1CCNCC1COC(F)(F)F. The van der Waals surface area contributed by atoms with E-state index in [0.717, 1.165) is 0 Å². The van der Waals surface area contributed by atoms with E-state index in [1.807, 2.05) is 0 Å². The lowest BCUT2D eigenvalue weighted by Gasteiger charge is -2.36. The van der Waals surface area contributed by atoms with E-state index in [2.05, 4.69) is 10.1 Å². The van der Waals surface area contributed by atoms with Crippen molar-refractivity contribution in [1.82, 2.24) is 10.2 Å². The molecule has 8 heteroatoms. The summed E-state index contributed by atoms with van der Waals surface area (Å²) in [4.78, 5) is 13.2. The first-order chi connectivity index (χ1) is 8.58. The first-order valence-corrected chi connectivity index (χ1v) is 5.99. The minimum atomic E-state index is -4.70. The molecule has 0 bridgehead atoms. The summed E-state index contributed by atoms with van der Waals surface area (Å²) < 4.78 is 45.0. The van der Waals surface area contributed by atoms with E-state index in [1.165, 1.54) is 4.90 Å². The molecule has 1 aliphatic rings. The normalized spacial score (nSPS) is 21.4. The molecule has 1 aliphatic heterocycles. The molecular formula is C11H19F3N2O3. The maximum Gasteiger partial charge on any atom is 0.522 e. The van der Waals surface area contributed by atoms with Crippen LogP contribution in [0.5, 0.6) is 0 Å². The highest BCUT2D eigenvalue weighted by Crippen LogP contribution is 2.19. The van der Waals surface area contributed by atoms with E-state index in [9.17, 15) is 18.0 Å². The zero-order valence-electron chi connectivity index (χ0n) is 11.2. The molecule has 112 valence electrons. The van der Waals surface area contributed by atoms with Crippen molar-refractivity contribution in [1.29, 1.82) is 0 Å². The van der Waals surface area contributed by atoms with E-state index in [0.29, 0.717) is 13.1 Å². The molecule has 1 fully saturated rings. The minimum absolute atomic E-state index is 0.245. The van der Waals surface area contributed by atoms with Gasteiger partial charge in [-0.2, -0.15) is 0 Å². The summed E-state index contributed by atoms with van der Waals surface area (Å²) in [6, 6.07) is -0.690. The minimum Gasteiger partial charge on any atom is -0.444 e. The fourth-order valence-corrected chi connectivity index (χ4v) is 1.66. The quantitative estimate of drug-likeness (QED) is 0.839. The highest BCUT2D eigenvalue weighted by atomic mass is 19.4. The lowest BCUT2D eigenvalue weighted by Crippen LogP contribution is -2.56. The van der Waals surface area contributed by atoms with Crippen LogP contribution in [0, 0.1) is 0 Å². The standard InChI is InChI=1S/C11H19F3N2O3/c1-10(2,3)19-9(17)16-5-4-15-6-8(16)7-18-11(12,13)14/h8,15H,4-7H2,1-3H3. The Kier molecular flexibility index (Phi) is 5.03. The third-order valence-corrected chi connectivity index (χ3v) is 2.42. The van der Waals surface area contributed by atoms with E-state index in [-0.39, 0.29) is 6.54 Å². The Balaban J connectivity index is 2.59.